The van der Waals surface area contributed by atoms with Crippen LogP contribution in [0.3, 0.4) is 0 Å². The third-order valence-corrected chi connectivity index (χ3v) is 4.03. The molecule has 0 fully saturated rings. The maximum atomic E-state index is 11.2. The Bertz CT molecular complexity index is 497. The zero-order chi connectivity index (χ0) is 13.7. The van der Waals surface area contributed by atoms with Gasteiger partial charge in [0.05, 0.1) is 5.56 Å². The summed E-state index contributed by atoms with van der Waals surface area (Å²) in [5.41, 5.74) is 2.48. The highest BCUT2D eigenvalue weighted by Crippen LogP contribution is 2.25. The van der Waals surface area contributed by atoms with E-state index in [4.69, 9.17) is 0 Å². The Morgan fingerprint density at radius 3 is 2.89 bits per heavy atom. The van der Waals surface area contributed by atoms with Crippen molar-refractivity contribution in [2.75, 3.05) is 11.9 Å². The summed E-state index contributed by atoms with van der Waals surface area (Å²) in [6.07, 6.45) is 8.27. The number of carbonyl (C=O) groups is 1. The first kappa shape index (κ1) is 14.1. The van der Waals surface area contributed by atoms with Crippen molar-refractivity contribution < 1.29 is 9.90 Å². The molecule has 1 aromatic carbocycles. The summed E-state index contributed by atoms with van der Waals surface area (Å²) in [5, 5.41) is 12.4. The number of hydrogen-bond donors (Lipinski definition) is 2. The fourth-order valence-corrected chi connectivity index (χ4v) is 2.91. The molecule has 0 aromatic heterocycles. The number of rotatable bonds is 5. The summed E-state index contributed by atoms with van der Waals surface area (Å²) >= 11 is 3.28. The van der Waals surface area contributed by atoms with Crippen LogP contribution < -0.4 is 5.32 Å². The number of aromatic carboxylic acids is 1. The van der Waals surface area contributed by atoms with E-state index in [2.05, 4.69) is 27.3 Å². The van der Waals surface area contributed by atoms with Crippen molar-refractivity contribution in [1.29, 1.82) is 0 Å². The van der Waals surface area contributed by atoms with Gasteiger partial charge in [0, 0.05) is 16.7 Å². The summed E-state index contributed by atoms with van der Waals surface area (Å²) in [5.74, 6) is -0.910. The van der Waals surface area contributed by atoms with Crippen LogP contribution in [0.25, 0.3) is 0 Å². The fraction of sp³-hybridized carbons (Fsp3) is 0.400. The third-order valence-electron chi connectivity index (χ3n) is 3.37. The Morgan fingerprint density at radius 1 is 1.37 bits per heavy atom. The van der Waals surface area contributed by atoms with Crippen molar-refractivity contribution in [3.8, 4) is 0 Å². The van der Waals surface area contributed by atoms with Gasteiger partial charge in [0.1, 0.15) is 0 Å². The highest BCUT2D eigenvalue weighted by atomic mass is 79.9. The van der Waals surface area contributed by atoms with Gasteiger partial charge < -0.3 is 10.4 Å². The molecule has 0 aliphatic heterocycles. The molecule has 0 unspecified atom stereocenters. The average molecular weight is 324 g/mol. The topological polar surface area (TPSA) is 49.3 Å². The molecule has 0 saturated heterocycles. The van der Waals surface area contributed by atoms with Crippen LogP contribution in [-0.4, -0.2) is 17.6 Å². The number of anilines is 1. The van der Waals surface area contributed by atoms with Crippen LogP contribution in [0, 0.1) is 0 Å². The van der Waals surface area contributed by atoms with Crippen LogP contribution in [0.5, 0.6) is 0 Å². The second-order valence-corrected chi connectivity index (χ2v) is 5.61. The third kappa shape index (κ3) is 3.83. The molecule has 0 radical (unpaired) electrons. The van der Waals surface area contributed by atoms with Gasteiger partial charge in [0.2, 0.25) is 0 Å². The number of carboxylic acid groups (broad SMARTS) is 1. The lowest BCUT2D eigenvalue weighted by Gasteiger charge is -2.14. The SMILES string of the molecule is O=C(O)c1c(Br)cccc1NCCC1=CCCCC1. The predicted octanol–water partition coefficient (Wildman–Crippen LogP) is 4.45. The van der Waals surface area contributed by atoms with Crippen molar-refractivity contribution in [2.45, 2.75) is 32.1 Å². The van der Waals surface area contributed by atoms with Crippen molar-refractivity contribution in [3.05, 3.63) is 39.9 Å². The van der Waals surface area contributed by atoms with Crippen LogP contribution in [-0.2, 0) is 0 Å². The quantitative estimate of drug-likeness (QED) is 0.787. The normalized spacial score (nSPS) is 14.9. The highest BCUT2D eigenvalue weighted by Gasteiger charge is 2.13. The molecule has 19 heavy (non-hydrogen) atoms. The van der Waals surface area contributed by atoms with Crippen LogP contribution >= 0.6 is 15.9 Å². The van der Waals surface area contributed by atoms with Crippen molar-refractivity contribution in [1.82, 2.24) is 0 Å². The smallest absolute Gasteiger partial charge is 0.338 e. The van der Waals surface area contributed by atoms with Gasteiger partial charge in [-0.2, -0.15) is 0 Å². The number of carboxylic acids is 1. The van der Waals surface area contributed by atoms with E-state index in [-0.39, 0.29) is 0 Å². The lowest BCUT2D eigenvalue weighted by molar-refractivity contribution is 0.0697. The summed E-state index contributed by atoms with van der Waals surface area (Å²) in [6.45, 7) is 0.780. The lowest BCUT2D eigenvalue weighted by Crippen LogP contribution is -2.09. The second-order valence-electron chi connectivity index (χ2n) is 4.75. The largest absolute Gasteiger partial charge is 0.478 e. The molecule has 2 N–H and O–H groups in total. The van der Waals surface area contributed by atoms with Gasteiger partial charge >= 0.3 is 5.97 Å². The zero-order valence-corrected chi connectivity index (χ0v) is 12.4. The molecule has 1 aliphatic rings. The molecule has 102 valence electrons. The lowest BCUT2D eigenvalue weighted by atomic mass is 9.97. The van der Waals surface area contributed by atoms with Crippen LogP contribution in [0.4, 0.5) is 5.69 Å². The average Bonchev–Trinajstić information content (AvgIpc) is 2.39. The Morgan fingerprint density at radius 2 is 2.21 bits per heavy atom. The maximum Gasteiger partial charge on any atom is 0.338 e. The summed E-state index contributed by atoms with van der Waals surface area (Å²) in [4.78, 5) is 11.2. The molecule has 0 amide bonds. The minimum atomic E-state index is -0.910. The molecule has 1 aliphatic carbocycles. The summed E-state index contributed by atoms with van der Waals surface area (Å²) in [7, 11) is 0. The van der Waals surface area contributed by atoms with E-state index >= 15 is 0 Å². The number of allylic oxidation sites excluding steroid dienone is 1. The summed E-state index contributed by atoms with van der Waals surface area (Å²) in [6, 6.07) is 5.40. The molecular weight excluding hydrogens is 306 g/mol. The maximum absolute atomic E-state index is 11.2. The zero-order valence-electron chi connectivity index (χ0n) is 10.8. The van der Waals surface area contributed by atoms with E-state index in [1.807, 2.05) is 12.1 Å². The molecule has 0 heterocycles. The molecule has 0 spiro atoms. The fourth-order valence-electron chi connectivity index (χ4n) is 2.38. The predicted molar refractivity (Wildman–Crippen MR) is 80.8 cm³/mol. The van der Waals surface area contributed by atoms with Crippen molar-refractivity contribution in [2.24, 2.45) is 0 Å². The van der Waals surface area contributed by atoms with E-state index in [1.165, 1.54) is 31.3 Å². The van der Waals surface area contributed by atoms with Crippen LogP contribution in [0.2, 0.25) is 0 Å². The second kappa shape index (κ2) is 6.75. The molecule has 3 nitrogen and oxygen atoms in total. The van der Waals surface area contributed by atoms with Crippen molar-refractivity contribution in [3.63, 3.8) is 0 Å². The number of hydrogen-bond acceptors (Lipinski definition) is 2. The molecule has 0 bridgehead atoms. The van der Waals surface area contributed by atoms with Gasteiger partial charge in [0.15, 0.2) is 0 Å². The Hall–Kier alpha value is -1.29. The first-order valence-corrected chi connectivity index (χ1v) is 7.41. The molecule has 1 aromatic rings. The van der Waals surface area contributed by atoms with Gasteiger partial charge in [-0.3, -0.25) is 0 Å². The summed E-state index contributed by atoms with van der Waals surface area (Å²) < 4.78 is 0.613. The standard InChI is InChI=1S/C15H18BrNO2/c16-12-7-4-8-13(14(12)15(18)19)17-10-9-11-5-2-1-3-6-11/h4-5,7-8,17H,1-3,6,9-10H2,(H,18,19). The van der Waals surface area contributed by atoms with Crippen LogP contribution in [0.15, 0.2) is 34.3 Å². The molecule has 4 heteroatoms. The monoisotopic (exact) mass is 323 g/mol. The van der Waals surface area contributed by atoms with E-state index in [1.54, 1.807) is 6.07 Å². The van der Waals surface area contributed by atoms with Gasteiger partial charge in [-0.15, -0.1) is 0 Å². The van der Waals surface area contributed by atoms with Gasteiger partial charge in [-0.05, 0) is 60.2 Å². The van der Waals surface area contributed by atoms with E-state index in [9.17, 15) is 9.90 Å². The number of halogens is 1. The minimum absolute atomic E-state index is 0.306. The molecule has 2 rings (SSSR count). The van der Waals surface area contributed by atoms with Gasteiger partial charge in [-0.25, -0.2) is 4.79 Å². The molecule has 0 atom stereocenters. The minimum Gasteiger partial charge on any atom is -0.478 e. The van der Waals surface area contributed by atoms with Crippen molar-refractivity contribution >= 4 is 27.6 Å². The van der Waals surface area contributed by atoms with E-state index in [0.717, 1.165) is 13.0 Å². The van der Waals surface area contributed by atoms with Gasteiger partial charge in [0.25, 0.3) is 0 Å². The Kier molecular flexibility index (Phi) is 5.02. The van der Waals surface area contributed by atoms with E-state index in [0.29, 0.717) is 15.7 Å². The molecular formula is C15H18BrNO2. The Labute approximate surface area is 121 Å². The Balaban J connectivity index is 1.97. The number of benzene rings is 1. The highest BCUT2D eigenvalue weighted by molar-refractivity contribution is 9.10. The van der Waals surface area contributed by atoms with E-state index < -0.39 is 5.97 Å². The number of nitrogens with one attached hydrogen (secondary N) is 1. The first-order chi connectivity index (χ1) is 9.18. The first-order valence-electron chi connectivity index (χ1n) is 6.62. The van der Waals surface area contributed by atoms with Gasteiger partial charge in [-0.1, -0.05) is 17.7 Å². The van der Waals surface area contributed by atoms with Crippen LogP contribution in [0.1, 0.15) is 42.5 Å². The molecule has 0 saturated carbocycles.